The van der Waals surface area contributed by atoms with Crippen LogP contribution in [0.1, 0.15) is 39.7 Å². The molecule has 2 atom stereocenters. The van der Waals surface area contributed by atoms with E-state index in [-0.39, 0.29) is 42.0 Å². The van der Waals surface area contributed by atoms with Gasteiger partial charge in [-0.2, -0.15) is 0 Å². The van der Waals surface area contributed by atoms with E-state index in [0.717, 1.165) is 5.56 Å². The van der Waals surface area contributed by atoms with Crippen LogP contribution in [0.3, 0.4) is 0 Å². The molecular weight excluding hydrogens is 604 g/mol. The summed E-state index contributed by atoms with van der Waals surface area (Å²) in [5.74, 6) is -0.834. The Morgan fingerprint density at radius 1 is 1.14 bits per heavy atom. The minimum Gasteiger partial charge on any atom is -0.392 e. The normalized spacial score (nSPS) is 16.3. The molecule has 236 valence electrons. The number of benzene rings is 3. The van der Waals surface area contributed by atoms with Gasteiger partial charge in [-0.15, -0.1) is 11.8 Å². The molecule has 0 aromatic heterocycles. The first-order chi connectivity index (χ1) is 20.8. The van der Waals surface area contributed by atoms with Crippen LogP contribution in [-0.2, 0) is 26.2 Å². The first kappa shape index (κ1) is 33.6. The molecular formula is C32H39FN4O5S2. The highest BCUT2D eigenvalue weighted by atomic mass is 32.2. The number of carbonyl (C=O) groups excluding carboxylic acids is 2. The van der Waals surface area contributed by atoms with Gasteiger partial charge >= 0.3 is 0 Å². The van der Waals surface area contributed by atoms with Crippen LogP contribution in [0.15, 0.2) is 76.5 Å². The number of aliphatic hydroxyl groups is 1. The summed E-state index contributed by atoms with van der Waals surface area (Å²) in [4.78, 5) is 29.2. The second-order valence-electron chi connectivity index (χ2n) is 11.5. The van der Waals surface area contributed by atoms with Gasteiger partial charge in [-0.1, -0.05) is 49.4 Å². The number of amides is 2. The van der Waals surface area contributed by atoms with Gasteiger partial charge in [0.15, 0.2) is 0 Å². The van der Waals surface area contributed by atoms with Crippen LogP contribution >= 0.6 is 11.8 Å². The van der Waals surface area contributed by atoms with Gasteiger partial charge in [-0.25, -0.2) is 17.5 Å². The predicted molar refractivity (Wildman–Crippen MR) is 171 cm³/mol. The minimum atomic E-state index is -3.69. The van der Waals surface area contributed by atoms with E-state index in [4.69, 9.17) is 0 Å². The van der Waals surface area contributed by atoms with Crippen LogP contribution in [-0.4, -0.2) is 61.9 Å². The number of aliphatic hydroxyl groups excluding tert-OH is 1. The zero-order valence-electron chi connectivity index (χ0n) is 25.3. The molecule has 0 spiro atoms. The largest absolute Gasteiger partial charge is 0.392 e. The van der Waals surface area contributed by atoms with Gasteiger partial charge in [-0.3, -0.25) is 9.59 Å². The molecule has 9 nitrogen and oxygen atoms in total. The molecule has 3 aromatic rings. The van der Waals surface area contributed by atoms with Crippen molar-refractivity contribution in [3.05, 3.63) is 78.1 Å². The molecule has 2 amide bonds. The van der Waals surface area contributed by atoms with Crippen molar-refractivity contribution in [3.63, 3.8) is 0 Å². The van der Waals surface area contributed by atoms with Gasteiger partial charge in [0.1, 0.15) is 11.9 Å². The predicted octanol–water partition coefficient (Wildman–Crippen LogP) is 4.05. The van der Waals surface area contributed by atoms with Gasteiger partial charge in [0.2, 0.25) is 15.9 Å². The number of nitrogens with one attached hydrogen (secondary N) is 3. The highest BCUT2D eigenvalue weighted by Gasteiger charge is 2.33. The van der Waals surface area contributed by atoms with Crippen molar-refractivity contribution < 1.29 is 27.5 Å². The highest BCUT2D eigenvalue weighted by molar-refractivity contribution is 7.99. The number of sulfonamides is 1. The number of β-amino-alcohol motifs (C(OH)–C–C–N with tert-alkyl or cyclic N) is 1. The summed E-state index contributed by atoms with van der Waals surface area (Å²) in [5, 5.41) is 15.6. The molecule has 0 bridgehead atoms. The third-order valence-corrected chi connectivity index (χ3v) is 9.85. The van der Waals surface area contributed by atoms with Crippen molar-refractivity contribution in [2.75, 3.05) is 23.7 Å². The van der Waals surface area contributed by atoms with Crippen molar-refractivity contribution in [2.45, 2.75) is 68.1 Å². The second kappa shape index (κ2) is 14.2. The van der Waals surface area contributed by atoms with Crippen LogP contribution in [0.25, 0.3) is 11.1 Å². The lowest BCUT2D eigenvalue weighted by Crippen LogP contribution is -2.52. The van der Waals surface area contributed by atoms with Crippen LogP contribution in [0.4, 0.5) is 10.1 Å². The van der Waals surface area contributed by atoms with Crippen LogP contribution < -0.4 is 20.3 Å². The van der Waals surface area contributed by atoms with Gasteiger partial charge in [0.25, 0.3) is 5.91 Å². The molecule has 4 rings (SSSR count). The third kappa shape index (κ3) is 8.45. The average molecular weight is 643 g/mol. The molecule has 44 heavy (non-hydrogen) atoms. The third-order valence-electron chi connectivity index (χ3n) is 7.11. The van der Waals surface area contributed by atoms with E-state index in [2.05, 4.69) is 15.4 Å². The van der Waals surface area contributed by atoms with Crippen molar-refractivity contribution in [1.29, 1.82) is 0 Å². The number of thioether (sulfide) groups is 1. The summed E-state index contributed by atoms with van der Waals surface area (Å²) in [5.41, 5.74) is 1.95. The number of halogens is 1. The second-order valence-corrected chi connectivity index (χ2v) is 14.2. The number of hydrogen-bond acceptors (Lipinski definition) is 7. The van der Waals surface area contributed by atoms with E-state index >= 15 is 0 Å². The molecule has 0 fully saturated rings. The topological polar surface area (TPSA) is 128 Å². The van der Waals surface area contributed by atoms with Crippen LogP contribution in [0, 0.1) is 5.82 Å². The van der Waals surface area contributed by atoms with Crippen molar-refractivity contribution in [3.8, 4) is 11.1 Å². The fourth-order valence-corrected chi connectivity index (χ4v) is 7.32. The first-order valence-corrected chi connectivity index (χ1v) is 16.9. The van der Waals surface area contributed by atoms with Crippen LogP contribution in [0.2, 0.25) is 0 Å². The lowest BCUT2D eigenvalue weighted by Gasteiger charge is -2.29. The van der Waals surface area contributed by atoms with Crippen molar-refractivity contribution in [1.82, 2.24) is 15.4 Å². The lowest BCUT2D eigenvalue weighted by atomic mass is 9.99. The van der Waals surface area contributed by atoms with E-state index < -0.39 is 33.5 Å². The molecule has 4 N–H and O–H groups in total. The van der Waals surface area contributed by atoms with Gasteiger partial charge in [0, 0.05) is 41.3 Å². The van der Waals surface area contributed by atoms with E-state index in [1.165, 1.54) is 23.9 Å². The summed E-state index contributed by atoms with van der Waals surface area (Å²) < 4.78 is 42.3. The van der Waals surface area contributed by atoms with Gasteiger partial charge in [0.05, 0.1) is 23.2 Å². The maximum atomic E-state index is 14.2. The fourth-order valence-electron chi connectivity index (χ4n) is 4.96. The molecule has 3 aromatic carbocycles. The monoisotopic (exact) mass is 642 g/mol. The number of hydrogen-bond donors (Lipinski definition) is 4. The van der Waals surface area contributed by atoms with Crippen molar-refractivity contribution in [2.24, 2.45) is 0 Å². The Bertz CT molecular complexity index is 1600. The Hall–Kier alpha value is -3.29. The Labute approximate surface area is 262 Å². The highest BCUT2D eigenvalue weighted by Crippen LogP contribution is 2.36. The maximum absolute atomic E-state index is 14.2. The van der Waals surface area contributed by atoms with Gasteiger partial charge in [-0.05, 0) is 56.2 Å². The SMILES string of the molecule is CCNS(=O)(=O)c1ccccc1-c1ccc(CN2C(=O)[C@H](NC(=O)CC(C)(C)NC[C@@H](C)O)CSc3cc(F)ccc32)cc1. The van der Waals surface area contributed by atoms with Crippen molar-refractivity contribution >= 4 is 39.3 Å². The fraction of sp³-hybridized carbons (Fsp3) is 0.375. The summed E-state index contributed by atoms with van der Waals surface area (Å²) >= 11 is 1.30. The summed E-state index contributed by atoms with van der Waals surface area (Å²) in [6.07, 6.45) is -0.484. The zero-order valence-corrected chi connectivity index (χ0v) is 26.9. The lowest BCUT2D eigenvalue weighted by molar-refractivity contribution is -0.127. The smallest absolute Gasteiger partial charge is 0.250 e. The number of anilines is 1. The van der Waals surface area contributed by atoms with Gasteiger partial charge < -0.3 is 20.6 Å². The minimum absolute atomic E-state index is 0.0855. The molecule has 0 saturated carbocycles. The molecule has 1 aliphatic rings. The summed E-state index contributed by atoms with van der Waals surface area (Å²) in [7, 11) is -3.69. The standard InChI is InChI=1S/C32H39FN4O5S2/c1-5-35-44(41,42)29-9-7-6-8-25(29)23-12-10-22(11-13-23)19-37-27-15-14-24(33)16-28(27)43-20-26(31(37)40)36-30(39)17-32(3,4)34-18-21(2)38/h6-16,21,26,34-35,38H,5,17-20H2,1-4H3,(H,36,39)/t21-,26-/m1/s1. The van der Waals surface area contributed by atoms with E-state index in [0.29, 0.717) is 28.3 Å². The molecule has 0 radical (unpaired) electrons. The molecule has 0 unspecified atom stereocenters. The Morgan fingerprint density at radius 2 is 1.84 bits per heavy atom. The van der Waals surface area contributed by atoms with E-state index in [9.17, 15) is 27.5 Å². The molecule has 12 heteroatoms. The number of rotatable bonds is 12. The number of carbonyl (C=O) groups is 2. The molecule has 1 heterocycles. The van der Waals surface area contributed by atoms with E-state index in [1.54, 1.807) is 61.2 Å². The molecule has 1 aliphatic heterocycles. The molecule has 0 saturated heterocycles. The Kier molecular flexibility index (Phi) is 10.9. The van der Waals surface area contributed by atoms with Crippen LogP contribution in [0.5, 0.6) is 0 Å². The Balaban J connectivity index is 1.58. The first-order valence-electron chi connectivity index (χ1n) is 14.4. The molecule has 0 aliphatic carbocycles. The Morgan fingerprint density at radius 3 is 2.52 bits per heavy atom. The summed E-state index contributed by atoms with van der Waals surface area (Å²) in [6, 6.07) is 17.4. The summed E-state index contributed by atoms with van der Waals surface area (Å²) in [6.45, 7) is 7.82. The number of nitrogens with zero attached hydrogens (tertiary/aromatic N) is 1. The maximum Gasteiger partial charge on any atom is 0.250 e. The quantitative estimate of drug-likeness (QED) is 0.235. The number of fused-ring (bicyclic) bond motifs is 1. The average Bonchev–Trinajstić information content (AvgIpc) is 3.08. The zero-order chi connectivity index (χ0) is 32.1. The van der Waals surface area contributed by atoms with E-state index in [1.807, 2.05) is 26.0 Å².